The van der Waals surface area contributed by atoms with Crippen molar-refractivity contribution in [3.8, 4) is 0 Å². The largest absolute Gasteiger partial charge is 0.309 e. The van der Waals surface area contributed by atoms with Gasteiger partial charge in [0.2, 0.25) is 0 Å². The van der Waals surface area contributed by atoms with Gasteiger partial charge in [0, 0.05) is 6.42 Å². The van der Waals surface area contributed by atoms with E-state index >= 15 is 0 Å². The van der Waals surface area contributed by atoms with Crippen molar-refractivity contribution in [1.82, 2.24) is 0 Å². The molecule has 0 aliphatic heterocycles. The molecule has 9 nitrogen and oxygen atoms in total. The first-order chi connectivity index (χ1) is 9.51. The number of aryl methyl sites for hydroxylation is 1. The second-order valence-corrected chi connectivity index (χ2v) is 3.86. The Balaban J connectivity index is 2.84. The zero-order valence-corrected chi connectivity index (χ0v) is 10.4. The SMILES string of the molecule is O=CCCc1cc(CO[N+](=O)[O-])cc(CO[N+](=O)[O-])c1. The van der Waals surface area contributed by atoms with E-state index in [2.05, 4.69) is 9.68 Å². The van der Waals surface area contributed by atoms with Gasteiger partial charge in [0.25, 0.3) is 10.2 Å². The summed E-state index contributed by atoms with van der Waals surface area (Å²) >= 11 is 0. The van der Waals surface area contributed by atoms with Gasteiger partial charge in [-0.1, -0.05) is 18.2 Å². The minimum absolute atomic E-state index is 0.270. The number of carbonyl (C=O) groups is 1. The van der Waals surface area contributed by atoms with Crippen LogP contribution < -0.4 is 0 Å². The molecule has 0 amide bonds. The number of benzene rings is 1. The maximum Gasteiger partial charge on any atom is 0.294 e. The molecule has 0 unspecified atom stereocenters. The summed E-state index contributed by atoms with van der Waals surface area (Å²) in [4.78, 5) is 39.1. The molecule has 0 saturated carbocycles. The highest BCUT2D eigenvalue weighted by atomic mass is 17.0. The van der Waals surface area contributed by atoms with Crippen LogP contribution in [0.25, 0.3) is 0 Å². The number of carbonyl (C=O) groups excluding carboxylic acids is 1. The summed E-state index contributed by atoms with van der Waals surface area (Å²) < 4.78 is 0. The molecule has 20 heavy (non-hydrogen) atoms. The van der Waals surface area contributed by atoms with Gasteiger partial charge in [-0.2, -0.15) is 0 Å². The van der Waals surface area contributed by atoms with Gasteiger partial charge >= 0.3 is 0 Å². The van der Waals surface area contributed by atoms with Crippen molar-refractivity contribution in [3.63, 3.8) is 0 Å². The lowest BCUT2D eigenvalue weighted by Crippen LogP contribution is -2.04. The van der Waals surface area contributed by atoms with E-state index in [4.69, 9.17) is 0 Å². The predicted molar refractivity (Wildman–Crippen MR) is 64.4 cm³/mol. The van der Waals surface area contributed by atoms with Gasteiger partial charge in [-0.3, -0.25) is 0 Å². The van der Waals surface area contributed by atoms with Gasteiger partial charge < -0.3 is 14.5 Å². The van der Waals surface area contributed by atoms with Gasteiger partial charge in [-0.15, -0.1) is 20.2 Å². The average molecular weight is 284 g/mol. The first kappa shape index (κ1) is 15.3. The summed E-state index contributed by atoms with van der Waals surface area (Å²) in [6.45, 7) is -0.541. The molecule has 0 N–H and O–H groups in total. The van der Waals surface area contributed by atoms with Crippen molar-refractivity contribution in [2.45, 2.75) is 26.1 Å². The third-order valence-corrected chi connectivity index (χ3v) is 2.34. The molecular weight excluding hydrogens is 272 g/mol. The van der Waals surface area contributed by atoms with Crippen LogP contribution in [0.1, 0.15) is 23.1 Å². The fourth-order valence-electron chi connectivity index (χ4n) is 1.63. The lowest BCUT2D eigenvalue weighted by atomic mass is 10.0. The van der Waals surface area contributed by atoms with E-state index < -0.39 is 10.2 Å². The number of hydrogen-bond acceptors (Lipinski definition) is 7. The number of rotatable bonds is 9. The van der Waals surface area contributed by atoms with E-state index in [0.717, 1.165) is 11.8 Å². The number of aldehydes is 1. The zero-order valence-electron chi connectivity index (χ0n) is 10.4. The van der Waals surface area contributed by atoms with Crippen LogP contribution in [0.15, 0.2) is 18.2 Å². The van der Waals surface area contributed by atoms with Gasteiger partial charge in [0.15, 0.2) is 0 Å². The van der Waals surface area contributed by atoms with Crippen molar-refractivity contribution in [2.75, 3.05) is 0 Å². The molecule has 1 rings (SSSR count). The minimum Gasteiger partial charge on any atom is -0.309 e. The summed E-state index contributed by atoms with van der Waals surface area (Å²) in [5.41, 5.74) is 1.68. The lowest BCUT2D eigenvalue weighted by Gasteiger charge is -2.08. The maximum atomic E-state index is 10.4. The maximum absolute atomic E-state index is 10.4. The Kier molecular flexibility index (Phi) is 5.88. The quantitative estimate of drug-likeness (QED) is 0.379. The second-order valence-electron chi connectivity index (χ2n) is 3.86. The highest BCUT2D eigenvalue weighted by Crippen LogP contribution is 2.14. The third kappa shape index (κ3) is 5.76. The van der Waals surface area contributed by atoms with E-state index in [0.29, 0.717) is 17.5 Å². The molecule has 0 aliphatic rings. The lowest BCUT2D eigenvalue weighted by molar-refractivity contribution is -0.763. The van der Waals surface area contributed by atoms with Crippen molar-refractivity contribution >= 4 is 6.29 Å². The Morgan fingerprint density at radius 1 is 0.950 bits per heavy atom. The van der Waals surface area contributed by atoms with Gasteiger partial charge in [-0.25, -0.2) is 0 Å². The van der Waals surface area contributed by atoms with E-state index in [1.807, 2.05) is 0 Å². The normalized spacial score (nSPS) is 9.80. The summed E-state index contributed by atoms with van der Waals surface area (Å²) in [5.74, 6) is 0. The first-order valence-corrected chi connectivity index (χ1v) is 5.61. The fraction of sp³-hybridized carbons (Fsp3) is 0.364. The van der Waals surface area contributed by atoms with Gasteiger partial charge in [-0.05, 0) is 23.1 Å². The summed E-state index contributed by atoms with van der Waals surface area (Å²) in [6.07, 6.45) is 1.46. The van der Waals surface area contributed by atoms with Crippen LogP contribution in [0.3, 0.4) is 0 Å². The van der Waals surface area contributed by atoms with Crippen molar-refractivity contribution in [1.29, 1.82) is 0 Å². The molecule has 0 aliphatic carbocycles. The van der Waals surface area contributed by atoms with Gasteiger partial charge in [0.1, 0.15) is 19.5 Å². The molecule has 9 heteroatoms. The van der Waals surface area contributed by atoms with E-state index in [9.17, 15) is 25.0 Å². The topological polar surface area (TPSA) is 122 Å². The van der Waals surface area contributed by atoms with Gasteiger partial charge in [0.05, 0.1) is 0 Å². The molecule has 1 aromatic carbocycles. The summed E-state index contributed by atoms with van der Waals surface area (Å²) in [5, 5.41) is 18.5. The van der Waals surface area contributed by atoms with Crippen LogP contribution in [0, 0.1) is 20.2 Å². The first-order valence-electron chi connectivity index (χ1n) is 5.61. The molecule has 0 heterocycles. The zero-order chi connectivity index (χ0) is 15.0. The molecular formula is C11H12N2O7. The van der Waals surface area contributed by atoms with E-state index in [1.165, 1.54) is 6.07 Å². The van der Waals surface area contributed by atoms with Crippen LogP contribution in [-0.4, -0.2) is 16.5 Å². The average Bonchev–Trinajstić information content (AvgIpc) is 2.40. The third-order valence-electron chi connectivity index (χ3n) is 2.34. The van der Waals surface area contributed by atoms with Crippen LogP contribution in [0.2, 0.25) is 0 Å². The summed E-state index contributed by atoms with van der Waals surface area (Å²) in [6, 6.07) is 4.79. The summed E-state index contributed by atoms with van der Waals surface area (Å²) in [7, 11) is 0. The molecule has 0 saturated heterocycles. The van der Waals surface area contributed by atoms with Crippen LogP contribution in [0.4, 0.5) is 0 Å². The standard InChI is InChI=1S/C11H12N2O7/c14-3-1-2-9-4-10(7-19-12(15)16)6-11(5-9)8-20-13(17)18/h3-6H,1-2,7-8H2. The van der Waals surface area contributed by atoms with Crippen molar-refractivity contribution in [3.05, 3.63) is 55.1 Å². The Hall–Kier alpha value is -2.71. The molecule has 0 spiro atoms. The molecule has 1 aromatic rings. The molecule has 0 aromatic heterocycles. The fourth-order valence-corrected chi connectivity index (χ4v) is 1.63. The molecule has 108 valence electrons. The van der Waals surface area contributed by atoms with Crippen molar-refractivity contribution < 1.29 is 24.6 Å². The van der Waals surface area contributed by atoms with Crippen LogP contribution in [-0.2, 0) is 34.1 Å². The predicted octanol–water partition coefficient (Wildman–Crippen LogP) is 1.23. The van der Waals surface area contributed by atoms with Crippen molar-refractivity contribution in [2.24, 2.45) is 0 Å². The Bertz CT molecular complexity index is 467. The van der Waals surface area contributed by atoms with E-state index in [1.54, 1.807) is 12.1 Å². The molecule has 0 atom stereocenters. The molecule has 0 fully saturated rings. The Morgan fingerprint density at radius 2 is 1.40 bits per heavy atom. The molecule has 0 bridgehead atoms. The minimum atomic E-state index is -0.925. The Labute approximate surface area is 113 Å². The smallest absolute Gasteiger partial charge is 0.294 e. The van der Waals surface area contributed by atoms with Crippen LogP contribution >= 0.6 is 0 Å². The monoisotopic (exact) mass is 284 g/mol. The van der Waals surface area contributed by atoms with E-state index in [-0.39, 0.29) is 19.6 Å². The molecule has 0 radical (unpaired) electrons. The highest BCUT2D eigenvalue weighted by molar-refractivity contribution is 5.50. The highest BCUT2D eigenvalue weighted by Gasteiger charge is 2.05. The van der Waals surface area contributed by atoms with Crippen LogP contribution in [0.5, 0.6) is 0 Å². The second kappa shape index (κ2) is 7.67. The Morgan fingerprint density at radius 3 is 1.80 bits per heavy atom. The number of hydrogen-bond donors (Lipinski definition) is 0. The number of nitrogens with zero attached hydrogens (tertiary/aromatic N) is 2.